The number of rotatable bonds is 3. The van der Waals surface area contributed by atoms with Gasteiger partial charge in [-0.05, 0) is 42.7 Å². The largest absolute Gasteiger partial charge is 0.395 e. The van der Waals surface area contributed by atoms with Crippen molar-refractivity contribution in [3.05, 3.63) is 35.4 Å². The summed E-state index contributed by atoms with van der Waals surface area (Å²) in [6.07, 6.45) is 9.26. The maximum Gasteiger partial charge on any atom is 0.0527 e. The molecule has 1 nitrogen and oxygen atoms in total. The van der Waals surface area contributed by atoms with E-state index < -0.39 is 0 Å². The van der Waals surface area contributed by atoms with Crippen molar-refractivity contribution in [2.45, 2.75) is 56.3 Å². The number of hydrogen-bond donors (Lipinski definition) is 1. The predicted molar refractivity (Wildman–Crippen MR) is 70.3 cm³/mol. The molecule has 0 atom stereocenters. The van der Waals surface area contributed by atoms with Gasteiger partial charge in [-0.2, -0.15) is 0 Å². The van der Waals surface area contributed by atoms with Gasteiger partial charge >= 0.3 is 0 Å². The third-order valence-electron chi connectivity index (χ3n) is 4.76. The van der Waals surface area contributed by atoms with E-state index in [0.717, 1.165) is 18.8 Å². The van der Waals surface area contributed by atoms with Crippen molar-refractivity contribution in [1.29, 1.82) is 0 Å². The van der Waals surface area contributed by atoms with Gasteiger partial charge in [0.05, 0.1) is 6.61 Å². The van der Waals surface area contributed by atoms with E-state index in [0.29, 0.717) is 6.61 Å². The second-order valence-electron chi connectivity index (χ2n) is 5.90. The van der Waals surface area contributed by atoms with E-state index in [-0.39, 0.29) is 5.41 Å². The van der Waals surface area contributed by atoms with Gasteiger partial charge in [0.1, 0.15) is 0 Å². The summed E-state index contributed by atoms with van der Waals surface area (Å²) in [5.74, 6) is 0.794. The first-order valence-corrected chi connectivity index (χ1v) is 7.05. The summed E-state index contributed by atoms with van der Waals surface area (Å²) in [5.41, 5.74) is 2.99. The van der Waals surface area contributed by atoms with Gasteiger partial charge < -0.3 is 5.11 Å². The Morgan fingerprint density at radius 2 is 1.65 bits per heavy atom. The van der Waals surface area contributed by atoms with Crippen molar-refractivity contribution in [2.75, 3.05) is 6.61 Å². The molecule has 0 spiro atoms. The van der Waals surface area contributed by atoms with Crippen LogP contribution in [0.15, 0.2) is 24.3 Å². The molecular formula is C16H22O. The molecule has 1 aromatic rings. The number of benzene rings is 1. The van der Waals surface area contributed by atoms with Crippen LogP contribution in [0.3, 0.4) is 0 Å². The number of aliphatic hydroxyl groups is 1. The van der Waals surface area contributed by atoms with Gasteiger partial charge in [0.15, 0.2) is 0 Å². The first-order valence-electron chi connectivity index (χ1n) is 7.05. The Labute approximate surface area is 104 Å². The van der Waals surface area contributed by atoms with Gasteiger partial charge in [-0.25, -0.2) is 0 Å². The van der Waals surface area contributed by atoms with Gasteiger partial charge in [0.2, 0.25) is 0 Å². The molecule has 2 aliphatic carbocycles. The maximum atomic E-state index is 9.43. The molecular weight excluding hydrogens is 208 g/mol. The third kappa shape index (κ3) is 2.13. The van der Waals surface area contributed by atoms with Crippen molar-refractivity contribution in [3.63, 3.8) is 0 Å². The second-order valence-corrected chi connectivity index (χ2v) is 5.90. The third-order valence-corrected chi connectivity index (χ3v) is 4.76. The van der Waals surface area contributed by atoms with Gasteiger partial charge in [0, 0.05) is 5.41 Å². The topological polar surface area (TPSA) is 20.2 Å². The van der Waals surface area contributed by atoms with Crippen molar-refractivity contribution < 1.29 is 5.11 Å². The van der Waals surface area contributed by atoms with E-state index >= 15 is 0 Å². The van der Waals surface area contributed by atoms with E-state index in [1.54, 1.807) is 0 Å². The lowest BCUT2D eigenvalue weighted by Crippen LogP contribution is -2.12. The molecule has 2 fully saturated rings. The lowest BCUT2D eigenvalue weighted by Gasteiger charge is -2.22. The molecule has 0 aliphatic heterocycles. The van der Waals surface area contributed by atoms with Crippen LogP contribution in [-0.2, 0) is 5.41 Å². The van der Waals surface area contributed by atoms with Crippen LogP contribution in [0.1, 0.15) is 62.0 Å². The van der Waals surface area contributed by atoms with Crippen LogP contribution in [-0.4, -0.2) is 11.7 Å². The lowest BCUT2D eigenvalue weighted by atomic mass is 9.83. The Kier molecular flexibility index (Phi) is 2.96. The summed E-state index contributed by atoms with van der Waals surface area (Å²) in [4.78, 5) is 0. The molecule has 0 radical (unpaired) electrons. The van der Waals surface area contributed by atoms with Gasteiger partial charge in [-0.3, -0.25) is 0 Å². The van der Waals surface area contributed by atoms with Gasteiger partial charge in [-0.1, -0.05) is 43.5 Å². The molecule has 1 N–H and O–H groups in total. The molecule has 2 aliphatic rings. The molecule has 0 heterocycles. The van der Waals surface area contributed by atoms with E-state index in [4.69, 9.17) is 0 Å². The number of aliphatic hydroxyl groups excluding tert-OH is 1. The molecule has 92 valence electrons. The molecule has 0 unspecified atom stereocenters. The standard InChI is InChI=1S/C16H22O/c17-12-16(10-11-16)15-8-6-14(7-9-15)13-4-2-1-3-5-13/h6-9,13,17H,1-5,10-12H2. The van der Waals surface area contributed by atoms with Crippen LogP contribution in [0.25, 0.3) is 0 Å². The summed E-state index contributed by atoms with van der Waals surface area (Å²) < 4.78 is 0. The Morgan fingerprint density at radius 3 is 2.18 bits per heavy atom. The fourth-order valence-corrected chi connectivity index (χ4v) is 3.23. The van der Waals surface area contributed by atoms with Gasteiger partial charge in [-0.15, -0.1) is 0 Å². The summed E-state index contributed by atoms with van der Waals surface area (Å²) in [6, 6.07) is 9.13. The van der Waals surface area contributed by atoms with E-state index in [9.17, 15) is 5.11 Å². The molecule has 3 rings (SSSR count). The van der Waals surface area contributed by atoms with Crippen LogP contribution in [0, 0.1) is 0 Å². The second kappa shape index (κ2) is 4.45. The van der Waals surface area contributed by atoms with Crippen molar-refractivity contribution >= 4 is 0 Å². The maximum absolute atomic E-state index is 9.43. The molecule has 1 heteroatoms. The Bertz CT molecular complexity index is 369. The fourth-order valence-electron chi connectivity index (χ4n) is 3.23. The highest BCUT2D eigenvalue weighted by Gasteiger charge is 2.43. The Morgan fingerprint density at radius 1 is 1.00 bits per heavy atom. The summed E-state index contributed by atoms with van der Waals surface area (Å²) in [7, 11) is 0. The quantitative estimate of drug-likeness (QED) is 0.838. The van der Waals surface area contributed by atoms with Crippen molar-refractivity contribution in [3.8, 4) is 0 Å². The van der Waals surface area contributed by atoms with Crippen LogP contribution in [0.4, 0.5) is 0 Å². The molecule has 2 saturated carbocycles. The minimum Gasteiger partial charge on any atom is -0.395 e. The minimum absolute atomic E-state index is 0.130. The normalized spacial score (nSPS) is 23.6. The highest BCUT2D eigenvalue weighted by Crippen LogP contribution is 2.48. The zero-order valence-electron chi connectivity index (χ0n) is 10.5. The number of hydrogen-bond acceptors (Lipinski definition) is 1. The molecule has 0 amide bonds. The minimum atomic E-state index is 0.130. The Balaban J connectivity index is 1.75. The van der Waals surface area contributed by atoms with Crippen LogP contribution in [0.5, 0.6) is 0 Å². The van der Waals surface area contributed by atoms with Crippen molar-refractivity contribution in [2.24, 2.45) is 0 Å². The SMILES string of the molecule is OCC1(c2ccc(C3CCCCC3)cc2)CC1. The molecule has 0 aromatic heterocycles. The van der Waals surface area contributed by atoms with Crippen LogP contribution >= 0.6 is 0 Å². The first kappa shape index (κ1) is 11.3. The summed E-state index contributed by atoms with van der Waals surface area (Å²) >= 11 is 0. The van der Waals surface area contributed by atoms with Crippen LogP contribution < -0.4 is 0 Å². The Hall–Kier alpha value is -0.820. The van der Waals surface area contributed by atoms with Crippen LogP contribution in [0.2, 0.25) is 0 Å². The molecule has 1 aromatic carbocycles. The monoisotopic (exact) mass is 230 g/mol. The average Bonchev–Trinajstić information content (AvgIpc) is 3.21. The summed E-state index contributed by atoms with van der Waals surface area (Å²) in [6.45, 7) is 0.315. The first-order chi connectivity index (χ1) is 8.34. The predicted octanol–water partition coefficient (Wildman–Crippen LogP) is 3.76. The molecule has 0 bridgehead atoms. The van der Waals surface area contributed by atoms with E-state index in [2.05, 4.69) is 24.3 Å². The lowest BCUT2D eigenvalue weighted by molar-refractivity contribution is 0.255. The van der Waals surface area contributed by atoms with E-state index in [1.165, 1.54) is 43.2 Å². The summed E-state index contributed by atoms with van der Waals surface area (Å²) in [5, 5.41) is 9.43. The van der Waals surface area contributed by atoms with Gasteiger partial charge in [0.25, 0.3) is 0 Å². The molecule has 17 heavy (non-hydrogen) atoms. The average molecular weight is 230 g/mol. The highest BCUT2D eigenvalue weighted by molar-refractivity contribution is 5.35. The molecule has 0 saturated heterocycles. The highest BCUT2D eigenvalue weighted by atomic mass is 16.3. The zero-order chi connectivity index (χ0) is 11.7. The fraction of sp³-hybridized carbons (Fsp3) is 0.625. The zero-order valence-corrected chi connectivity index (χ0v) is 10.5. The van der Waals surface area contributed by atoms with E-state index in [1.807, 2.05) is 0 Å². The van der Waals surface area contributed by atoms with Crippen molar-refractivity contribution in [1.82, 2.24) is 0 Å². The smallest absolute Gasteiger partial charge is 0.0527 e.